The van der Waals surface area contributed by atoms with E-state index in [-0.39, 0.29) is 5.91 Å². The van der Waals surface area contributed by atoms with E-state index in [9.17, 15) is 4.79 Å². The fraction of sp³-hybridized carbons (Fsp3) is 0.0833. The van der Waals surface area contributed by atoms with Crippen LogP contribution in [-0.4, -0.2) is 39.6 Å². The zero-order valence-corrected chi connectivity index (χ0v) is 18.2. The highest BCUT2D eigenvalue weighted by atomic mass is 35.5. The number of anilines is 3. The molecular formula is C24H19ClN6O. The number of nitrogens with zero attached hydrogens (tertiary/aromatic N) is 6. The fourth-order valence-corrected chi connectivity index (χ4v) is 3.87. The molecule has 5 rings (SSSR count). The lowest BCUT2D eigenvalue weighted by atomic mass is 10.1. The number of carbonyl (C=O) groups is 1. The van der Waals surface area contributed by atoms with Gasteiger partial charge in [-0.15, -0.1) is 10.2 Å². The van der Waals surface area contributed by atoms with E-state index in [2.05, 4.69) is 10.2 Å². The molecule has 0 saturated heterocycles. The van der Waals surface area contributed by atoms with Crippen molar-refractivity contribution in [2.75, 3.05) is 23.9 Å². The van der Waals surface area contributed by atoms with Crippen LogP contribution in [0.25, 0.3) is 16.7 Å². The Morgan fingerprint density at radius 1 is 0.938 bits per heavy atom. The highest BCUT2D eigenvalue weighted by Gasteiger charge is 2.17. The summed E-state index contributed by atoms with van der Waals surface area (Å²) in [5.41, 5.74) is 3.15. The molecule has 32 heavy (non-hydrogen) atoms. The van der Waals surface area contributed by atoms with Crippen molar-refractivity contribution in [1.82, 2.24) is 19.6 Å². The van der Waals surface area contributed by atoms with Gasteiger partial charge in [0.2, 0.25) is 0 Å². The number of aromatic nitrogens is 4. The van der Waals surface area contributed by atoms with Crippen LogP contribution in [0, 0.1) is 0 Å². The van der Waals surface area contributed by atoms with E-state index >= 15 is 0 Å². The molecule has 0 radical (unpaired) electrons. The summed E-state index contributed by atoms with van der Waals surface area (Å²) in [6, 6.07) is 22.6. The van der Waals surface area contributed by atoms with Gasteiger partial charge >= 0.3 is 0 Å². The summed E-state index contributed by atoms with van der Waals surface area (Å²) >= 11 is 6.25. The van der Waals surface area contributed by atoms with Gasteiger partial charge in [-0.3, -0.25) is 9.20 Å². The molecule has 1 amide bonds. The van der Waals surface area contributed by atoms with Crippen LogP contribution in [0.3, 0.4) is 0 Å². The molecule has 5 aromatic rings. The molecule has 0 N–H and O–H groups in total. The second-order valence-electron chi connectivity index (χ2n) is 7.41. The zero-order valence-electron chi connectivity index (χ0n) is 17.5. The van der Waals surface area contributed by atoms with E-state index in [0.29, 0.717) is 22.2 Å². The van der Waals surface area contributed by atoms with Gasteiger partial charge in [0.15, 0.2) is 0 Å². The quantitative estimate of drug-likeness (QED) is 0.393. The van der Waals surface area contributed by atoms with E-state index < -0.39 is 0 Å². The average molecular weight is 443 g/mol. The standard InChI is InChI=1S/C24H19ClN6O/c1-29(22-20-12-11-17(25)13-21(20)31-15-26-28-24(31)27-22)18-9-6-10-19(14-18)30(2)23(32)16-7-4-3-5-8-16/h3-15H,1-2H3. The smallest absolute Gasteiger partial charge is 0.258 e. The third-order valence-electron chi connectivity index (χ3n) is 5.44. The van der Waals surface area contributed by atoms with Gasteiger partial charge in [-0.1, -0.05) is 35.9 Å². The largest absolute Gasteiger partial charge is 0.329 e. The third kappa shape index (κ3) is 3.42. The molecule has 0 spiro atoms. The first-order chi connectivity index (χ1) is 15.5. The van der Waals surface area contributed by atoms with Gasteiger partial charge in [0.25, 0.3) is 11.7 Å². The van der Waals surface area contributed by atoms with Crippen LogP contribution in [0.5, 0.6) is 0 Å². The van der Waals surface area contributed by atoms with Crippen molar-refractivity contribution >= 4 is 51.4 Å². The van der Waals surface area contributed by atoms with Crippen molar-refractivity contribution in [3.8, 4) is 0 Å². The molecular weight excluding hydrogens is 424 g/mol. The number of benzene rings is 3. The number of halogens is 1. The molecule has 0 saturated carbocycles. The van der Waals surface area contributed by atoms with Crippen LogP contribution < -0.4 is 9.80 Å². The Hall–Kier alpha value is -3.97. The van der Waals surface area contributed by atoms with Gasteiger partial charge in [0.05, 0.1) is 5.52 Å². The Kier molecular flexibility index (Phi) is 4.95. The van der Waals surface area contributed by atoms with E-state index in [4.69, 9.17) is 16.6 Å². The van der Waals surface area contributed by atoms with Crippen LogP contribution in [-0.2, 0) is 0 Å². The molecule has 0 bridgehead atoms. The maximum atomic E-state index is 12.9. The molecule has 0 aliphatic heterocycles. The number of rotatable bonds is 4. The summed E-state index contributed by atoms with van der Waals surface area (Å²) < 4.78 is 1.81. The van der Waals surface area contributed by atoms with Crippen LogP contribution in [0.15, 0.2) is 79.1 Å². The van der Waals surface area contributed by atoms with E-state index in [1.165, 1.54) is 0 Å². The molecule has 2 heterocycles. The first kappa shape index (κ1) is 20.0. The van der Waals surface area contributed by atoms with E-state index in [1.54, 1.807) is 22.7 Å². The van der Waals surface area contributed by atoms with Crippen LogP contribution in [0.4, 0.5) is 17.2 Å². The molecule has 0 aliphatic rings. The van der Waals surface area contributed by atoms with Crippen molar-refractivity contribution < 1.29 is 4.79 Å². The summed E-state index contributed by atoms with van der Waals surface area (Å²) in [5, 5.41) is 9.63. The Bertz CT molecular complexity index is 1450. The molecule has 0 fully saturated rings. The molecule has 3 aromatic carbocycles. The lowest BCUT2D eigenvalue weighted by molar-refractivity contribution is 0.0993. The Morgan fingerprint density at radius 2 is 1.72 bits per heavy atom. The summed E-state index contributed by atoms with van der Waals surface area (Å²) in [5.74, 6) is 1.12. The van der Waals surface area contributed by atoms with Crippen molar-refractivity contribution in [2.45, 2.75) is 0 Å². The molecule has 0 aliphatic carbocycles. The number of carbonyl (C=O) groups excluding carboxylic acids is 1. The molecule has 0 unspecified atom stereocenters. The monoisotopic (exact) mass is 442 g/mol. The van der Waals surface area contributed by atoms with Crippen molar-refractivity contribution in [3.63, 3.8) is 0 Å². The Labute approximate surface area is 189 Å². The van der Waals surface area contributed by atoms with Crippen LogP contribution in [0.1, 0.15) is 10.4 Å². The second-order valence-corrected chi connectivity index (χ2v) is 7.84. The highest BCUT2D eigenvalue weighted by molar-refractivity contribution is 6.31. The lowest BCUT2D eigenvalue weighted by Gasteiger charge is -2.23. The van der Waals surface area contributed by atoms with Crippen LogP contribution >= 0.6 is 11.6 Å². The van der Waals surface area contributed by atoms with Crippen LogP contribution in [0.2, 0.25) is 5.02 Å². The van der Waals surface area contributed by atoms with Gasteiger partial charge < -0.3 is 9.80 Å². The minimum atomic E-state index is -0.0755. The number of amides is 1. The second kappa shape index (κ2) is 7.94. The van der Waals surface area contributed by atoms with Gasteiger partial charge in [-0.2, -0.15) is 4.98 Å². The molecule has 158 valence electrons. The maximum Gasteiger partial charge on any atom is 0.258 e. The first-order valence-corrected chi connectivity index (χ1v) is 10.4. The van der Waals surface area contributed by atoms with Crippen molar-refractivity contribution in [3.05, 3.63) is 89.7 Å². The number of hydrogen-bond acceptors (Lipinski definition) is 5. The molecule has 0 atom stereocenters. The molecule has 7 nitrogen and oxygen atoms in total. The summed E-state index contributed by atoms with van der Waals surface area (Å²) in [6.07, 6.45) is 1.62. The van der Waals surface area contributed by atoms with Gasteiger partial charge in [-0.25, -0.2) is 0 Å². The normalized spacial score (nSPS) is 11.1. The van der Waals surface area contributed by atoms with Gasteiger partial charge in [0.1, 0.15) is 12.1 Å². The summed E-state index contributed by atoms with van der Waals surface area (Å²) in [6.45, 7) is 0. The SMILES string of the molecule is CN(C(=O)c1ccccc1)c1cccc(N(C)c2nc3nncn3c3cc(Cl)ccc23)c1. The third-order valence-corrected chi connectivity index (χ3v) is 5.68. The zero-order chi connectivity index (χ0) is 22.2. The van der Waals surface area contributed by atoms with Gasteiger partial charge in [-0.05, 0) is 48.5 Å². The summed E-state index contributed by atoms with van der Waals surface area (Å²) in [7, 11) is 3.70. The topological polar surface area (TPSA) is 66.6 Å². The number of fused-ring (bicyclic) bond motifs is 3. The summed E-state index contributed by atoms with van der Waals surface area (Å²) in [4.78, 5) is 21.2. The predicted molar refractivity (Wildman–Crippen MR) is 127 cm³/mol. The minimum absolute atomic E-state index is 0.0755. The Morgan fingerprint density at radius 3 is 2.53 bits per heavy atom. The van der Waals surface area contributed by atoms with E-state index in [1.807, 2.05) is 84.7 Å². The van der Waals surface area contributed by atoms with Crippen molar-refractivity contribution in [2.24, 2.45) is 0 Å². The molecule has 2 aromatic heterocycles. The van der Waals surface area contributed by atoms with E-state index in [0.717, 1.165) is 22.3 Å². The first-order valence-electron chi connectivity index (χ1n) is 9.99. The molecule has 8 heteroatoms. The Balaban J connectivity index is 1.56. The lowest BCUT2D eigenvalue weighted by Crippen LogP contribution is -2.26. The fourth-order valence-electron chi connectivity index (χ4n) is 3.70. The minimum Gasteiger partial charge on any atom is -0.329 e. The predicted octanol–water partition coefficient (Wildman–Crippen LogP) is 4.98. The maximum absolute atomic E-state index is 12.9. The number of hydrogen-bond donors (Lipinski definition) is 0. The average Bonchev–Trinajstić information content (AvgIpc) is 3.32. The van der Waals surface area contributed by atoms with Crippen molar-refractivity contribution in [1.29, 1.82) is 0 Å². The van der Waals surface area contributed by atoms with Gasteiger partial charge in [0, 0.05) is 41.4 Å². The highest BCUT2D eigenvalue weighted by Crippen LogP contribution is 2.33.